The lowest BCUT2D eigenvalue weighted by Crippen LogP contribution is -2.17. The molecule has 5 rings (SSSR count). The molecular weight excluding hydrogens is 594 g/mol. The minimum Gasteiger partial charge on any atom is -0.491 e. The zero-order valence-corrected chi connectivity index (χ0v) is 25.5. The second kappa shape index (κ2) is 14.6. The normalized spacial score (nSPS) is 20.1. The average molecular weight is 633 g/mol. The van der Waals surface area contributed by atoms with E-state index < -0.39 is 34.9 Å². The Morgan fingerprint density at radius 2 is 1.13 bits per heavy atom. The fourth-order valence-corrected chi connectivity index (χ4v) is 6.41. The van der Waals surface area contributed by atoms with Crippen molar-refractivity contribution in [2.45, 2.75) is 77.0 Å². The van der Waals surface area contributed by atoms with Gasteiger partial charge < -0.3 is 14.2 Å². The Labute approximate surface area is 260 Å². The molecule has 9 heteroatoms. The molecule has 0 radical (unpaired) electrons. The van der Waals surface area contributed by atoms with Gasteiger partial charge in [0.2, 0.25) is 17.5 Å². The summed E-state index contributed by atoms with van der Waals surface area (Å²) in [4.78, 5) is 0. The van der Waals surface area contributed by atoms with E-state index in [0.29, 0.717) is 63.5 Å². The minimum atomic E-state index is -1.05. The van der Waals surface area contributed by atoms with Gasteiger partial charge in [-0.15, -0.1) is 0 Å². The van der Waals surface area contributed by atoms with Gasteiger partial charge in [-0.2, -0.15) is 13.2 Å². The number of ether oxygens (including phenoxy) is 3. The molecule has 45 heavy (non-hydrogen) atoms. The summed E-state index contributed by atoms with van der Waals surface area (Å²) in [6.45, 7) is 4.24. The number of halogens is 6. The smallest absolute Gasteiger partial charge is 0.201 e. The van der Waals surface area contributed by atoms with Gasteiger partial charge in [0.1, 0.15) is 0 Å². The molecule has 0 saturated heterocycles. The maximum atomic E-state index is 15.2. The van der Waals surface area contributed by atoms with E-state index in [2.05, 4.69) is 0 Å². The molecule has 242 valence electrons. The number of benzene rings is 3. The van der Waals surface area contributed by atoms with Crippen molar-refractivity contribution in [2.24, 2.45) is 5.92 Å². The third-order valence-corrected chi connectivity index (χ3v) is 8.91. The highest BCUT2D eigenvalue weighted by atomic mass is 19.2. The van der Waals surface area contributed by atoms with Gasteiger partial charge in [0.15, 0.2) is 34.7 Å². The lowest BCUT2D eigenvalue weighted by Gasteiger charge is -2.30. The molecule has 3 nitrogen and oxygen atoms in total. The van der Waals surface area contributed by atoms with Gasteiger partial charge in [0, 0.05) is 5.56 Å². The maximum absolute atomic E-state index is 15.2. The van der Waals surface area contributed by atoms with Gasteiger partial charge in [-0.1, -0.05) is 25.1 Å². The van der Waals surface area contributed by atoms with E-state index in [1.807, 2.05) is 13.0 Å². The van der Waals surface area contributed by atoms with Crippen molar-refractivity contribution in [2.75, 3.05) is 19.8 Å². The SMILES string of the molecule is CCCOc1ccc(C2=CCC(COc3ccc(C4CCC(c5ccc(OCC)c(F)c5F)CC4)c(F)c3F)CC2)c(F)c1F. The first-order chi connectivity index (χ1) is 21.7. The van der Waals surface area contributed by atoms with Crippen LogP contribution in [0.15, 0.2) is 42.5 Å². The molecule has 1 unspecified atom stereocenters. The number of allylic oxidation sites excluding steroid dienone is 2. The largest absolute Gasteiger partial charge is 0.491 e. The summed E-state index contributed by atoms with van der Waals surface area (Å²) in [6, 6.07) is 8.92. The van der Waals surface area contributed by atoms with Gasteiger partial charge in [-0.05, 0) is 117 Å². The van der Waals surface area contributed by atoms with Crippen molar-refractivity contribution in [1.29, 1.82) is 0 Å². The van der Waals surface area contributed by atoms with Crippen LogP contribution in [-0.2, 0) is 0 Å². The summed E-state index contributed by atoms with van der Waals surface area (Å²) < 4.78 is 105. The zero-order chi connectivity index (χ0) is 32.1. The van der Waals surface area contributed by atoms with Gasteiger partial charge >= 0.3 is 0 Å². The van der Waals surface area contributed by atoms with Crippen LogP contribution >= 0.6 is 0 Å². The van der Waals surface area contributed by atoms with Crippen LogP contribution in [0.5, 0.6) is 17.2 Å². The first-order valence-corrected chi connectivity index (χ1v) is 15.7. The topological polar surface area (TPSA) is 27.7 Å². The van der Waals surface area contributed by atoms with E-state index in [-0.39, 0.29) is 64.9 Å². The van der Waals surface area contributed by atoms with Crippen LogP contribution < -0.4 is 14.2 Å². The fraction of sp³-hybridized carbons (Fsp3) is 0.444. The molecule has 0 bridgehead atoms. The predicted molar refractivity (Wildman–Crippen MR) is 161 cm³/mol. The summed E-state index contributed by atoms with van der Waals surface area (Å²) in [5, 5.41) is 0. The van der Waals surface area contributed by atoms with Crippen LogP contribution in [0.2, 0.25) is 0 Å². The second-order valence-corrected chi connectivity index (χ2v) is 11.8. The Morgan fingerprint density at radius 1 is 0.600 bits per heavy atom. The molecule has 0 N–H and O–H groups in total. The molecule has 0 aromatic heterocycles. The van der Waals surface area contributed by atoms with Gasteiger partial charge in [-0.25, -0.2) is 13.2 Å². The molecule has 2 aliphatic rings. The molecule has 1 atom stereocenters. The third-order valence-electron chi connectivity index (χ3n) is 8.91. The van der Waals surface area contributed by atoms with Crippen molar-refractivity contribution < 1.29 is 40.6 Å². The highest BCUT2D eigenvalue weighted by Gasteiger charge is 2.30. The van der Waals surface area contributed by atoms with Gasteiger partial charge in [-0.3, -0.25) is 0 Å². The average Bonchev–Trinajstić information content (AvgIpc) is 3.05. The number of hydrogen-bond donors (Lipinski definition) is 0. The predicted octanol–water partition coefficient (Wildman–Crippen LogP) is 10.4. The second-order valence-electron chi connectivity index (χ2n) is 11.8. The molecule has 1 fully saturated rings. The highest BCUT2D eigenvalue weighted by Crippen LogP contribution is 2.44. The van der Waals surface area contributed by atoms with Crippen LogP contribution in [0, 0.1) is 40.8 Å². The van der Waals surface area contributed by atoms with Crippen LogP contribution in [0.3, 0.4) is 0 Å². The first kappa shape index (κ1) is 32.8. The van der Waals surface area contributed by atoms with E-state index in [1.165, 1.54) is 24.3 Å². The molecule has 0 aliphatic heterocycles. The third kappa shape index (κ3) is 7.12. The van der Waals surface area contributed by atoms with E-state index in [4.69, 9.17) is 14.2 Å². The minimum absolute atomic E-state index is 0.000863. The van der Waals surface area contributed by atoms with Crippen LogP contribution in [0.4, 0.5) is 26.3 Å². The van der Waals surface area contributed by atoms with Crippen LogP contribution in [0.1, 0.15) is 93.7 Å². The van der Waals surface area contributed by atoms with Crippen molar-refractivity contribution in [1.82, 2.24) is 0 Å². The summed E-state index contributed by atoms with van der Waals surface area (Å²) in [5.74, 6) is -6.74. The zero-order valence-electron chi connectivity index (χ0n) is 25.5. The molecule has 0 heterocycles. The van der Waals surface area contributed by atoms with E-state index in [1.54, 1.807) is 19.1 Å². The molecule has 0 spiro atoms. The monoisotopic (exact) mass is 632 g/mol. The summed E-state index contributed by atoms with van der Waals surface area (Å²) in [6.07, 6.45) is 6.18. The van der Waals surface area contributed by atoms with Gasteiger partial charge in [0.25, 0.3) is 0 Å². The Balaban J connectivity index is 1.16. The molecule has 2 aliphatic carbocycles. The Morgan fingerprint density at radius 3 is 1.67 bits per heavy atom. The van der Waals surface area contributed by atoms with Crippen molar-refractivity contribution in [3.63, 3.8) is 0 Å². The van der Waals surface area contributed by atoms with Crippen molar-refractivity contribution in [3.05, 3.63) is 94.1 Å². The molecule has 3 aromatic rings. The molecule has 0 amide bonds. The number of rotatable bonds is 11. The Bertz CT molecular complexity index is 1530. The van der Waals surface area contributed by atoms with E-state index in [9.17, 15) is 17.6 Å². The van der Waals surface area contributed by atoms with Crippen molar-refractivity contribution >= 4 is 5.57 Å². The lowest BCUT2D eigenvalue weighted by atomic mass is 9.76. The highest BCUT2D eigenvalue weighted by molar-refractivity contribution is 5.67. The summed E-state index contributed by atoms with van der Waals surface area (Å²) in [7, 11) is 0. The number of hydrogen-bond acceptors (Lipinski definition) is 3. The molecule has 1 saturated carbocycles. The first-order valence-electron chi connectivity index (χ1n) is 15.7. The molecular formula is C36H38F6O3. The fourth-order valence-electron chi connectivity index (χ4n) is 6.41. The Hall–Kier alpha value is -3.62. The Kier molecular flexibility index (Phi) is 10.7. The van der Waals surface area contributed by atoms with E-state index in [0.717, 1.165) is 0 Å². The molecule has 3 aromatic carbocycles. The standard InChI is InChI=1S/C36H38F6O3/c1-3-19-44-29-17-14-25(32(38)35(29)41)22-7-5-21(6-8-22)20-45-30-18-15-27(33(39)36(30)42)24-11-9-23(10-12-24)26-13-16-28(43-4-2)34(40)31(26)37/h7,13-18,21,23-24H,3-6,8-12,19-20H2,1-2H3. The lowest BCUT2D eigenvalue weighted by molar-refractivity contribution is 0.227. The van der Waals surface area contributed by atoms with Crippen LogP contribution in [0.25, 0.3) is 5.57 Å². The summed E-state index contributed by atoms with van der Waals surface area (Å²) >= 11 is 0. The maximum Gasteiger partial charge on any atom is 0.201 e. The quantitative estimate of drug-likeness (QED) is 0.197. The summed E-state index contributed by atoms with van der Waals surface area (Å²) in [5.41, 5.74) is 1.42. The van der Waals surface area contributed by atoms with Crippen LogP contribution in [-0.4, -0.2) is 19.8 Å². The van der Waals surface area contributed by atoms with E-state index >= 15 is 8.78 Å². The van der Waals surface area contributed by atoms with Crippen molar-refractivity contribution in [3.8, 4) is 17.2 Å². The van der Waals surface area contributed by atoms with Gasteiger partial charge in [0.05, 0.1) is 19.8 Å².